The summed E-state index contributed by atoms with van der Waals surface area (Å²) in [5.41, 5.74) is 6.81. The molecule has 0 saturated heterocycles. The Hall–Kier alpha value is -1.41. The zero-order chi connectivity index (χ0) is 14.8. The Kier molecular flexibility index (Phi) is 7.89. The second kappa shape index (κ2) is 9.49. The predicted molar refractivity (Wildman–Crippen MR) is 77.6 cm³/mol. The fraction of sp³-hybridized carbons (Fsp3) is 0.500. The van der Waals surface area contributed by atoms with Crippen molar-refractivity contribution in [1.82, 2.24) is 0 Å². The van der Waals surface area contributed by atoms with E-state index in [9.17, 15) is 4.39 Å². The molecule has 0 aromatic heterocycles. The summed E-state index contributed by atoms with van der Waals surface area (Å²) in [6, 6.07) is 4.49. The van der Waals surface area contributed by atoms with Crippen LogP contribution in [0.3, 0.4) is 0 Å². The van der Waals surface area contributed by atoms with Crippen molar-refractivity contribution < 1.29 is 13.9 Å². The Bertz CT molecular complexity index is 463. The van der Waals surface area contributed by atoms with Crippen molar-refractivity contribution in [2.24, 2.45) is 11.7 Å². The van der Waals surface area contributed by atoms with Crippen LogP contribution >= 0.6 is 0 Å². The molecule has 1 rings (SSSR count). The highest BCUT2D eigenvalue weighted by molar-refractivity contribution is 5.41. The number of benzene rings is 1. The van der Waals surface area contributed by atoms with Crippen LogP contribution in [0.2, 0.25) is 0 Å². The van der Waals surface area contributed by atoms with Gasteiger partial charge in [-0.25, -0.2) is 4.39 Å². The first kappa shape index (κ1) is 16.6. The zero-order valence-corrected chi connectivity index (χ0v) is 12.1. The second-order valence-electron chi connectivity index (χ2n) is 4.83. The molecule has 110 valence electrons. The van der Waals surface area contributed by atoms with Crippen LogP contribution < -0.4 is 5.73 Å². The van der Waals surface area contributed by atoms with Gasteiger partial charge >= 0.3 is 0 Å². The zero-order valence-electron chi connectivity index (χ0n) is 12.1. The maximum absolute atomic E-state index is 13.2. The topological polar surface area (TPSA) is 44.5 Å². The van der Waals surface area contributed by atoms with Gasteiger partial charge in [-0.3, -0.25) is 0 Å². The summed E-state index contributed by atoms with van der Waals surface area (Å²) in [5.74, 6) is 5.79. The predicted octanol–water partition coefficient (Wildman–Crippen LogP) is 2.33. The average Bonchev–Trinajstić information content (AvgIpc) is 2.41. The smallest absolute Gasteiger partial charge is 0.124 e. The van der Waals surface area contributed by atoms with Gasteiger partial charge in [0.1, 0.15) is 5.82 Å². The summed E-state index contributed by atoms with van der Waals surface area (Å²) in [6.07, 6.45) is 0. The second-order valence-corrected chi connectivity index (χ2v) is 4.83. The number of hydrogen-bond acceptors (Lipinski definition) is 3. The van der Waals surface area contributed by atoms with E-state index >= 15 is 0 Å². The van der Waals surface area contributed by atoms with E-state index in [-0.39, 0.29) is 12.4 Å². The summed E-state index contributed by atoms with van der Waals surface area (Å²) in [4.78, 5) is 0. The Morgan fingerprint density at radius 2 is 2.00 bits per heavy atom. The molecule has 0 amide bonds. The third-order valence-electron chi connectivity index (χ3n) is 2.48. The van der Waals surface area contributed by atoms with Crippen molar-refractivity contribution in [1.29, 1.82) is 0 Å². The molecule has 0 radical (unpaired) electrons. The molecule has 0 aliphatic carbocycles. The lowest BCUT2D eigenvalue weighted by atomic mass is 10.1. The van der Waals surface area contributed by atoms with Gasteiger partial charge in [-0.1, -0.05) is 31.8 Å². The highest BCUT2D eigenvalue weighted by Gasteiger charge is 2.02. The Morgan fingerprint density at radius 3 is 2.70 bits per heavy atom. The van der Waals surface area contributed by atoms with Crippen molar-refractivity contribution in [3.63, 3.8) is 0 Å². The molecule has 0 fully saturated rings. The molecule has 2 N–H and O–H groups in total. The summed E-state index contributed by atoms with van der Waals surface area (Å²) in [5, 5.41) is 0. The molecule has 0 saturated carbocycles. The standard InChI is InChI=1S/C16H22FNO2/c1-13(2)11-19-8-9-20-12-15-5-6-16(17)10-14(15)4-3-7-18/h5-6,10,13H,7-9,11-12,18H2,1-2H3. The number of nitrogens with two attached hydrogens (primary N) is 1. The van der Waals surface area contributed by atoms with Gasteiger partial charge in [-0.05, 0) is 23.6 Å². The van der Waals surface area contributed by atoms with E-state index in [1.807, 2.05) is 0 Å². The van der Waals surface area contributed by atoms with Crippen LogP contribution in [-0.4, -0.2) is 26.4 Å². The number of ether oxygens (including phenoxy) is 2. The fourth-order valence-corrected chi connectivity index (χ4v) is 1.56. The molecular formula is C16H22FNO2. The van der Waals surface area contributed by atoms with Crippen LogP contribution in [0, 0.1) is 23.6 Å². The molecule has 0 unspecified atom stereocenters. The third-order valence-corrected chi connectivity index (χ3v) is 2.48. The van der Waals surface area contributed by atoms with Crippen molar-refractivity contribution in [2.45, 2.75) is 20.5 Å². The van der Waals surface area contributed by atoms with Gasteiger partial charge in [0.15, 0.2) is 0 Å². The fourth-order valence-electron chi connectivity index (χ4n) is 1.56. The Morgan fingerprint density at radius 1 is 1.25 bits per heavy atom. The normalized spacial score (nSPS) is 10.4. The van der Waals surface area contributed by atoms with Gasteiger partial charge in [0.25, 0.3) is 0 Å². The maximum Gasteiger partial charge on any atom is 0.124 e. The first-order valence-electron chi connectivity index (χ1n) is 6.76. The van der Waals surface area contributed by atoms with Gasteiger partial charge in [-0.15, -0.1) is 0 Å². The number of rotatable bonds is 7. The van der Waals surface area contributed by atoms with E-state index in [1.165, 1.54) is 12.1 Å². The molecule has 0 aliphatic rings. The Labute approximate surface area is 120 Å². The molecular weight excluding hydrogens is 257 g/mol. The van der Waals surface area contributed by atoms with E-state index in [0.29, 0.717) is 31.3 Å². The van der Waals surface area contributed by atoms with E-state index in [1.54, 1.807) is 6.07 Å². The molecule has 0 heterocycles. The lowest BCUT2D eigenvalue weighted by Gasteiger charge is -2.09. The van der Waals surface area contributed by atoms with E-state index in [2.05, 4.69) is 25.7 Å². The summed E-state index contributed by atoms with van der Waals surface area (Å²) in [6.45, 7) is 6.63. The highest BCUT2D eigenvalue weighted by Crippen LogP contribution is 2.11. The molecule has 0 bridgehead atoms. The molecule has 4 heteroatoms. The van der Waals surface area contributed by atoms with Crippen molar-refractivity contribution in [2.75, 3.05) is 26.4 Å². The van der Waals surface area contributed by atoms with Gasteiger partial charge in [0.05, 0.1) is 26.4 Å². The average molecular weight is 279 g/mol. The third kappa shape index (κ3) is 6.67. The molecule has 1 aromatic carbocycles. The molecule has 20 heavy (non-hydrogen) atoms. The SMILES string of the molecule is CC(C)COCCOCc1ccc(F)cc1C#CCN. The molecule has 1 aromatic rings. The van der Waals surface area contributed by atoms with E-state index in [4.69, 9.17) is 15.2 Å². The summed E-state index contributed by atoms with van der Waals surface area (Å²) >= 11 is 0. The van der Waals surface area contributed by atoms with Gasteiger partial charge in [0, 0.05) is 12.2 Å². The molecule has 0 spiro atoms. The van der Waals surface area contributed by atoms with Crippen LogP contribution in [0.15, 0.2) is 18.2 Å². The maximum atomic E-state index is 13.2. The largest absolute Gasteiger partial charge is 0.379 e. The van der Waals surface area contributed by atoms with E-state index in [0.717, 1.165) is 12.2 Å². The van der Waals surface area contributed by atoms with Crippen LogP contribution in [-0.2, 0) is 16.1 Å². The minimum atomic E-state index is -0.310. The minimum absolute atomic E-state index is 0.250. The Balaban J connectivity index is 2.43. The molecule has 0 aliphatic heterocycles. The van der Waals surface area contributed by atoms with Crippen molar-refractivity contribution >= 4 is 0 Å². The first-order chi connectivity index (χ1) is 9.63. The monoisotopic (exact) mass is 279 g/mol. The van der Waals surface area contributed by atoms with Gasteiger partial charge in [0.2, 0.25) is 0 Å². The summed E-state index contributed by atoms with van der Waals surface area (Å²) < 4.78 is 24.1. The van der Waals surface area contributed by atoms with Gasteiger partial charge < -0.3 is 15.2 Å². The molecule has 0 atom stereocenters. The van der Waals surface area contributed by atoms with Crippen LogP contribution in [0.25, 0.3) is 0 Å². The summed E-state index contributed by atoms with van der Waals surface area (Å²) in [7, 11) is 0. The van der Waals surface area contributed by atoms with Crippen LogP contribution in [0.1, 0.15) is 25.0 Å². The van der Waals surface area contributed by atoms with Crippen molar-refractivity contribution in [3.8, 4) is 11.8 Å². The lowest BCUT2D eigenvalue weighted by Crippen LogP contribution is -2.09. The molecule has 3 nitrogen and oxygen atoms in total. The van der Waals surface area contributed by atoms with Crippen LogP contribution in [0.5, 0.6) is 0 Å². The van der Waals surface area contributed by atoms with E-state index < -0.39 is 0 Å². The highest BCUT2D eigenvalue weighted by atomic mass is 19.1. The van der Waals surface area contributed by atoms with Crippen molar-refractivity contribution in [3.05, 3.63) is 35.1 Å². The minimum Gasteiger partial charge on any atom is -0.379 e. The first-order valence-corrected chi connectivity index (χ1v) is 6.76. The number of hydrogen-bond donors (Lipinski definition) is 1. The van der Waals surface area contributed by atoms with Gasteiger partial charge in [-0.2, -0.15) is 0 Å². The quantitative estimate of drug-likeness (QED) is 0.615. The lowest BCUT2D eigenvalue weighted by molar-refractivity contribution is 0.0314. The number of halogens is 1. The van der Waals surface area contributed by atoms with Crippen LogP contribution in [0.4, 0.5) is 4.39 Å².